The molecule has 3 aromatic heterocycles. The highest BCUT2D eigenvalue weighted by atomic mass is 79.9. The third-order valence-corrected chi connectivity index (χ3v) is 2.98. The fourth-order valence-electron chi connectivity index (χ4n) is 1.66. The Kier molecular flexibility index (Phi) is 3.11. The number of amides is 2. The standard InChI is InChI=1S/C11H10BrN7O/c1-18-6-8(5-13-18)14-11(20)16-10-15-9-4-7(12)2-3-19(9)17-10/h2-6H,1H3,(H2,14,16,17,20). The van der Waals surface area contributed by atoms with E-state index in [0.717, 1.165) is 4.47 Å². The van der Waals surface area contributed by atoms with Crippen molar-refractivity contribution >= 4 is 39.2 Å². The largest absolute Gasteiger partial charge is 0.326 e. The van der Waals surface area contributed by atoms with Gasteiger partial charge in [0.25, 0.3) is 5.95 Å². The van der Waals surface area contributed by atoms with Crippen LogP contribution in [-0.4, -0.2) is 30.4 Å². The van der Waals surface area contributed by atoms with Crippen molar-refractivity contribution in [2.24, 2.45) is 7.05 Å². The average Bonchev–Trinajstić information content (AvgIpc) is 2.94. The van der Waals surface area contributed by atoms with Crippen LogP contribution in [0.5, 0.6) is 0 Å². The van der Waals surface area contributed by atoms with Crippen molar-refractivity contribution in [3.8, 4) is 0 Å². The summed E-state index contributed by atoms with van der Waals surface area (Å²) < 4.78 is 4.06. The minimum atomic E-state index is -0.423. The normalized spacial score (nSPS) is 10.7. The Hall–Kier alpha value is -2.42. The summed E-state index contributed by atoms with van der Waals surface area (Å²) in [7, 11) is 1.77. The molecule has 0 bridgehead atoms. The first-order valence-corrected chi connectivity index (χ1v) is 6.48. The number of aryl methyl sites for hydroxylation is 1. The van der Waals surface area contributed by atoms with Gasteiger partial charge in [-0.3, -0.25) is 10.00 Å². The van der Waals surface area contributed by atoms with E-state index in [4.69, 9.17) is 0 Å². The first kappa shape index (κ1) is 12.6. The maximum absolute atomic E-state index is 11.8. The van der Waals surface area contributed by atoms with Crippen molar-refractivity contribution in [1.29, 1.82) is 0 Å². The Bertz CT molecular complexity index is 778. The number of pyridine rings is 1. The minimum Gasteiger partial charge on any atom is -0.305 e. The number of nitrogens with one attached hydrogen (secondary N) is 2. The Morgan fingerprint density at radius 2 is 2.25 bits per heavy atom. The SMILES string of the molecule is Cn1cc(NC(=O)Nc2nc3cc(Br)ccn3n2)cn1. The maximum atomic E-state index is 11.8. The number of anilines is 2. The summed E-state index contributed by atoms with van der Waals surface area (Å²) in [5.74, 6) is 0.226. The molecule has 0 saturated carbocycles. The van der Waals surface area contributed by atoms with Gasteiger partial charge in [0.15, 0.2) is 5.65 Å². The number of hydrogen-bond acceptors (Lipinski definition) is 4. The van der Waals surface area contributed by atoms with Crippen LogP contribution in [0.3, 0.4) is 0 Å². The van der Waals surface area contributed by atoms with Crippen molar-refractivity contribution < 1.29 is 4.79 Å². The molecule has 0 aliphatic carbocycles. The molecule has 102 valence electrons. The highest BCUT2D eigenvalue weighted by molar-refractivity contribution is 9.10. The predicted molar refractivity (Wildman–Crippen MR) is 76.5 cm³/mol. The average molecular weight is 336 g/mol. The van der Waals surface area contributed by atoms with Gasteiger partial charge in [-0.25, -0.2) is 9.31 Å². The van der Waals surface area contributed by atoms with E-state index in [9.17, 15) is 4.79 Å². The van der Waals surface area contributed by atoms with E-state index in [-0.39, 0.29) is 5.95 Å². The molecule has 0 spiro atoms. The van der Waals surface area contributed by atoms with Crippen molar-refractivity contribution in [3.05, 3.63) is 35.2 Å². The lowest BCUT2D eigenvalue weighted by Gasteiger charge is -2.00. The Morgan fingerprint density at radius 1 is 1.40 bits per heavy atom. The van der Waals surface area contributed by atoms with E-state index in [1.807, 2.05) is 6.07 Å². The van der Waals surface area contributed by atoms with Crippen LogP contribution in [0.1, 0.15) is 0 Å². The second-order valence-corrected chi connectivity index (χ2v) is 4.98. The van der Waals surface area contributed by atoms with E-state index >= 15 is 0 Å². The highest BCUT2D eigenvalue weighted by Crippen LogP contribution is 2.13. The molecule has 8 nitrogen and oxygen atoms in total. The van der Waals surface area contributed by atoms with Crippen LogP contribution in [0.2, 0.25) is 0 Å². The van der Waals surface area contributed by atoms with Crippen molar-refractivity contribution in [3.63, 3.8) is 0 Å². The molecule has 0 atom stereocenters. The minimum absolute atomic E-state index is 0.226. The van der Waals surface area contributed by atoms with Crippen LogP contribution in [0, 0.1) is 0 Å². The van der Waals surface area contributed by atoms with Crippen LogP contribution in [0.25, 0.3) is 5.65 Å². The van der Waals surface area contributed by atoms with E-state index in [1.54, 1.807) is 40.9 Å². The van der Waals surface area contributed by atoms with Gasteiger partial charge < -0.3 is 5.32 Å². The third kappa shape index (κ3) is 2.62. The Balaban J connectivity index is 1.73. The number of aromatic nitrogens is 5. The number of nitrogens with zero attached hydrogens (tertiary/aromatic N) is 5. The van der Waals surface area contributed by atoms with E-state index in [0.29, 0.717) is 11.3 Å². The molecule has 0 aliphatic rings. The Labute approximate surface area is 121 Å². The van der Waals surface area contributed by atoms with Gasteiger partial charge in [0.2, 0.25) is 0 Å². The lowest BCUT2D eigenvalue weighted by atomic mass is 10.5. The van der Waals surface area contributed by atoms with Crippen molar-refractivity contribution in [2.45, 2.75) is 0 Å². The molecule has 0 saturated heterocycles. The topological polar surface area (TPSA) is 89.1 Å². The van der Waals surface area contributed by atoms with E-state index < -0.39 is 6.03 Å². The molecule has 0 radical (unpaired) electrons. The summed E-state index contributed by atoms with van der Waals surface area (Å²) in [5.41, 5.74) is 1.23. The number of rotatable bonds is 2. The van der Waals surface area contributed by atoms with Gasteiger partial charge in [0.05, 0.1) is 11.9 Å². The number of carbonyl (C=O) groups is 1. The molecule has 0 fully saturated rings. The van der Waals surface area contributed by atoms with Crippen LogP contribution < -0.4 is 10.6 Å². The second kappa shape index (κ2) is 4.93. The fraction of sp³-hybridized carbons (Fsp3) is 0.0909. The Morgan fingerprint density at radius 3 is 3.00 bits per heavy atom. The molecule has 0 aromatic carbocycles. The van der Waals surface area contributed by atoms with Gasteiger partial charge in [-0.2, -0.15) is 10.1 Å². The van der Waals surface area contributed by atoms with Gasteiger partial charge in [0.1, 0.15) is 0 Å². The number of urea groups is 1. The summed E-state index contributed by atoms with van der Waals surface area (Å²) in [4.78, 5) is 16.0. The number of fused-ring (bicyclic) bond motifs is 1. The first-order valence-electron chi connectivity index (χ1n) is 5.69. The summed E-state index contributed by atoms with van der Waals surface area (Å²) in [6, 6.07) is 3.21. The quantitative estimate of drug-likeness (QED) is 0.748. The summed E-state index contributed by atoms with van der Waals surface area (Å²) >= 11 is 3.35. The summed E-state index contributed by atoms with van der Waals surface area (Å²) in [5, 5.41) is 13.3. The van der Waals surface area contributed by atoms with Crippen LogP contribution in [-0.2, 0) is 7.05 Å². The van der Waals surface area contributed by atoms with Crippen LogP contribution in [0.15, 0.2) is 35.2 Å². The van der Waals surface area contributed by atoms with Gasteiger partial charge >= 0.3 is 6.03 Å². The zero-order chi connectivity index (χ0) is 14.1. The maximum Gasteiger partial charge on any atom is 0.326 e. The molecule has 0 unspecified atom stereocenters. The van der Waals surface area contributed by atoms with Gasteiger partial charge in [-0.1, -0.05) is 15.9 Å². The monoisotopic (exact) mass is 335 g/mol. The second-order valence-electron chi connectivity index (χ2n) is 4.06. The van der Waals surface area contributed by atoms with Crippen molar-refractivity contribution in [1.82, 2.24) is 24.4 Å². The highest BCUT2D eigenvalue weighted by Gasteiger charge is 2.08. The third-order valence-electron chi connectivity index (χ3n) is 2.49. The number of halogens is 1. The molecule has 2 amide bonds. The number of hydrogen-bond donors (Lipinski definition) is 2. The van der Waals surface area contributed by atoms with Gasteiger partial charge in [-0.05, 0) is 12.1 Å². The molecule has 0 aliphatic heterocycles. The van der Waals surface area contributed by atoms with E-state index in [2.05, 4.69) is 41.7 Å². The van der Waals surface area contributed by atoms with Gasteiger partial charge in [-0.15, -0.1) is 5.10 Å². The van der Waals surface area contributed by atoms with Crippen molar-refractivity contribution in [2.75, 3.05) is 10.6 Å². The van der Waals surface area contributed by atoms with Crippen LogP contribution in [0.4, 0.5) is 16.4 Å². The molecular formula is C11H10BrN7O. The summed E-state index contributed by atoms with van der Waals surface area (Å²) in [6.07, 6.45) is 4.98. The van der Waals surface area contributed by atoms with Gasteiger partial charge in [0, 0.05) is 23.9 Å². The molecule has 2 N–H and O–H groups in total. The molecular weight excluding hydrogens is 326 g/mol. The zero-order valence-electron chi connectivity index (χ0n) is 10.4. The molecule has 20 heavy (non-hydrogen) atoms. The molecule has 3 heterocycles. The molecule has 3 rings (SSSR count). The number of carbonyl (C=O) groups excluding carboxylic acids is 1. The zero-order valence-corrected chi connectivity index (χ0v) is 12.0. The molecule has 9 heteroatoms. The molecule has 3 aromatic rings. The lowest BCUT2D eigenvalue weighted by Crippen LogP contribution is -2.19. The lowest BCUT2D eigenvalue weighted by molar-refractivity contribution is 0.262. The predicted octanol–water partition coefficient (Wildman–Crippen LogP) is 1.87. The smallest absolute Gasteiger partial charge is 0.305 e. The first-order chi connectivity index (χ1) is 9.60. The fourth-order valence-corrected chi connectivity index (χ4v) is 1.98. The van der Waals surface area contributed by atoms with Crippen LogP contribution >= 0.6 is 15.9 Å². The van der Waals surface area contributed by atoms with E-state index in [1.165, 1.54) is 0 Å². The summed E-state index contributed by atoms with van der Waals surface area (Å²) in [6.45, 7) is 0.